The summed E-state index contributed by atoms with van der Waals surface area (Å²) in [6.45, 7) is 4.84. The number of thiophene rings is 1. The number of carbonyl (C=O) groups excluding carboxylic acids is 1. The zero-order chi connectivity index (χ0) is 12.1. The molecule has 0 spiro atoms. The Labute approximate surface area is 108 Å². The van der Waals surface area contributed by atoms with E-state index < -0.39 is 0 Å². The molecule has 0 bridgehead atoms. The molecule has 1 atom stereocenters. The summed E-state index contributed by atoms with van der Waals surface area (Å²) in [5.41, 5.74) is 0. The Morgan fingerprint density at radius 2 is 2.44 bits per heavy atom. The van der Waals surface area contributed by atoms with Gasteiger partial charge < -0.3 is 4.90 Å². The van der Waals surface area contributed by atoms with E-state index in [4.69, 9.17) is 5.26 Å². The lowest BCUT2D eigenvalue weighted by Crippen LogP contribution is -2.34. The summed E-state index contributed by atoms with van der Waals surface area (Å²) in [5, 5.41) is 10.6. The third-order valence-corrected chi connectivity index (χ3v) is 4.02. The number of carbonyl (C=O) groups is 1. The average molecular weight is 301 g/mol. The molecule has 1 unspecified atom stereocenters. The van der Waals surface area contributed by atoms with Crippen molar-refractivity contribution in [2.75, 3.05) is 13.1 Å². The maximum Gasteiger partial charge on any atom is 0.265 e. The maximum atomic E-state index is 12.1. The van der Waals surface area contributed by atoms with Crippen LogP contribution in [0.25, 0.3) is 0 Å². The molecule has 0 fully saturated rings. The first-order valence-electron chi connectivity index (χ1n) is 5.02. The van der Waals surface area contributed by atoms with Crippen LogP contribution in [-0.2, 0) is 0 Å². The molecule has 0 saturated heterocycles. The zero-order valence-corrected chi connectivity index (χ0v) is 11.6. The van der Waals surface area contributed by atoms with Gasteiger partial charge in [0.1, 0.15) is 4.88 Å². The van der Waals surface area contributed by atoms with E-state index in [1.165, 1.54) is 11.3 Å². The predicted octanol–water partition coefficient (Wildman–Crippen LogP) is 3.13. The van der Waals surface area contributed by atoms with E-state index in [0.717, 1.165) is 4.47 Å². The lowest BCUT2D eigenvalue weighted by Gasteiger charge is -2.21. The number of amides is 1. The Bertz CT molecular complexity index is 410. The van der Waals surface area contributed by atoms with Gasteiger partial charge in [0.25, 0.3) is 5.91 Å². The molecule has 5 heteroatoms. The van der Waals surface area contributed by atoms with Gasteiger partial charge in [-0.1, -0.05) is 0 Å². The monoisotopic (exact) mass is 300 g/mol. The van der Waals surface area contributed by atoms with Crippen molar-refractivity contribution in [1.29, 1.82) is 5.26 Å². The summed E-state index contributed by atoms with van der Waals surface area (Å²) in [6.07, 6.45) is 0. The zero-order valence-electron chi connectivity index (χ0n) is 9.24. The van der Waals surface area contributed by atoms with E-state index in [1.807, 2.05) is 25.3 Å². The molecule has 1 amide bonds. The molecule has 1 heterocycles. The Morgan fingerprint density at radius 1 is 1.75 bits per heavy atom. The van der Waals surface area contributed by atoms with Gasteiger partial charge in [0.2, 0.25) is 0 Å². The molecular weight excluding hydrogens is 288 g/mol. The second kappa shape index (κ2) is 6.02. The van der Waals surface area contributed by atoms with Crippen LogP contribution in [0.5, 0.6) is 0 Å². The fourth-order valence-corrected chi connectivity index (χ4v) is 2.82. The molecule has 3 nitrogen and oxygen atoms in total. The van der Waals surface area contributed by atoms with Crippen LogP contribution < -0.4 is 0 Å². The Hall–Kier alpha value is -0.860. The predicted molar refractivity (Wildman–Crippen MR) is 68.4 cm³/mol. The van der Waals surface area contributed by atoms with Gasteiger partial charge in [-0.25, -0.2) is 0 Å². The third kappa shape index (κ3) is 3.06. The van der Waals surface area contributed by atoms with Crippen LogP contribution in [0.15, 0.2) is 15.9 Å². The number of nitriles is 1. The van der Waals surface area contributed by atoms with Crippen LogP contribution >= 0.6 is 27.3 Å². The van der Waals surface area contributed by atoms with Crippen LogP contribution in [0.3, 0.4) is 0 Å². The lowest BCUT2D eigenvalue weighted by molar-refractivity contribution is 0.0757. The molecule has 86 valence electrons. The summed E-state index contributed by atoms with van der Waals surface area (Å²) < 4.78 is 0.825. The summed E-state index contributed by atoms with van der Waals surface area (Å²) in [4.78, 5) is 14.5. The second-order valence-corrected chi connectivity index (χ2v) is 5.24. The highest BCUT2D eigenvalue weighted by molar-refractivity contribution is 9.10. The third-order valence-electron chi connectivity index (χ3n) is 2.19. The highest BCUT2D eigenvalue weighted by atomic mass is 79.9. The van der Waals surface area contributed by atoms with Gasteiger partial charge in [0.05, 0.1) is 12.0 Å². The van der Waals surface area contributed by atoms with Crippen LogP contribution in [0, 0.1) is 17.2 Å². The van der Waals surface area contributed by atoms with Gasteiger partial charge in [0.15, 0.2) is 0 Å². The number of nitrogens with zero attached hydrogens (tertiary/aromatic N) is 2. The van der Waals surface area contributed by atoms with Crippen molar-refractivity contribution in [3.8, 4) is 6.07 Å². The van der Waals surface area contributed by atoms with Crippen molar-refractivity contribution in [2.24, 2.45) is 5.92 Å². The molecule has 0 saturated carbocycles. The molecule has 0 aliphatic heterocycles. The van der Waals surface area contributed by atoms with Gasteiger partial charge in [-0.2, -0.15) is 5.26 Å². The molecule has 0 aromatic carbocycles. The topological polar surface area (TPSA) is 44.1 Å². The van der Waals surface area contributed by atoms with E-state index in [0.29, 0.717) is 18.0 Å². The minimum atomic E-state index is -0.136. The van der Waals surface area contributed by atoms with Gasteiger partial charge in [-0.15, -0.1) is 11.3 Å². The second-order valence-electron chi connectivity index (χ2n) is 3.47. The van der Waals surface area contributed by atoms with Crippen LogP contribution in [0.2, 0.25) is 0 Å². The molecule has 1 aromatic rings. The minimum Gasteiger partial charge on any atom is -0.337 e. The van der Waals surface area contributed by atoms with Gasteiger partial charge in [-0.3, -0.25) is 4.79 Å². The lowest BCUT2D eigenvalue weighted by atomic mass is 10.2. The molecule has 0 radical (unpaired) electrons. The normalized spacial score (nSPS) is 11.9. The highest BCUT2D eigenvalue weighted by Gasteiger charge is 2.19. The van der Waals surface area contributed by atoms with E-state index in [-0.39, 0.29) is 11.8 Å². The standard InChI is InChI=1S/C11H13BrN2OS/c1-3-14(7-8(2)6-13)11(15)10-9(12)4-5-16-10/h4-5,8H,3,7H2,1-2H3. The molecule has 0 aliphatic carbocycles. The van der Waals surface area contributed by atoms with Gasteiger partial charge >= 0.3 is 0 Å². The van der Waals surface area contributed by atoms with Gasteiger partial charge in [0, 0.05) is 17.6 Å². The van der Waals surface area contributed by atoms with Crippen molar-refractivity contribution in [3.05, 3.63) is 20.8 Å². The van der Waals surface area contributed by atoms with Crippen molar-refractivity contribution in [2.45, 2.75) is 13.8 Å². The van der Waals surface area contributed by atoms with Crippen molar-refractivity contribution < 1.29 is 4.79 Å². The van der Waals surface area contributed by atoms with Crippen molar-refractivity contribution in [3.63, 3.8) is 0 Å². The largest absolute Gasteiger partial charge is 0.337 e. The number of hydrogen-bond donors (Lipinski definition) is 0. The van der Waals surface area contributed by atoms with Gasteiger partial charge in [-0.05, 0) is 41.2 Å². The molecule has 0 aliphatic rings. The van der Waals surface area contributed by atoms with E-state index in [2.05, 4.69) is 22.0 Å². The molecular formula is C11H13BrN2OS. The van der Waals surface area contributed by atoms with E-state index in [9.17, 15) is 4.79 Å². The average Bonchev–Trinajstić information content (AvgIpc) is 2.71. The fourth-order valence-electron chi connectivity index (χ4n) is 1.32. The Balaban J connectivity index is 2.79. The minimum absolute atomic E-state index is 0.00789. The number of halogens is 1. The highest BCUT2D eigenvalue weighted by Crippen LogP contribution is 2.24. The molecule has 0 N–H and O–H groups in total. The Morgan fingerprint density at radius 3 is 2.88 bits per heavy atom. The summed E-state index contributed by atoms with van der Waals surface area (Å²) >= 11 is 4.76. The summed E-state index contributed by atoms with van der Waals surface area (Å²) in [7, 11) is 0. The molecule has 1 aromatic heterocycles. The van der Waals surface area contributed by atoms with E-state index in [1.54, 1.807) is 4.90 Å². The first-order valence-corrected chi connectivity index (χ1v) is 6.69. The number of rotatable bonds is 4. The molecule has 1 rings (SSSR count). The SMILES string of the molecule is CCN(CC(C)C#N)C(=O)c1sccc1Br. The van der Waals surface area contributed by atoms with Crippen LogP contribution in [-0.4, -0.2) is 23.9 Å². The first-order chi connectivity index (χ1) is 7.60. The smallest absolute Gasteiger partial charge is 0.265 e. The fraction of sp³-hybridized carbons (Fsp3) is 0.455. The Kier molecular flexibility index (Phi) is 4.97. The first kappa shape index (κ1) is 13.2. The van der Waals surface area contributed by atoms with Crippen molar-refractivity contribution in [1.82, 2.24) is 4.90 Å². The maximum absolute atomic E-state index is 12.1. The van der Waals surface area contributed by atoms with Crippen LogP contribution in [0.4, 0.5) is 0 Å². The van der Waals surface area contributed by atoms with E-state index >= 15 is 0 Å². The van der Waals surface area contributed by atoms with Crippen molar-refractivity contribution >= 4 is 33.2 Å². The molecule has 16 heavy (non-hydrogen) atoms. The summed E-state index contributed by atoms with van der Waals surface area (Å²) in [6, 6.07) is 4.00. The quantitative estimate of drug-likeness (QED) is 0.857. The number of hydrogen-bond acceptors (Lipinski definition) is 3. The summed E-state index contributed by atoms with van der Waals surface area (Å²) in [5.74, 6) is -0.144. The van der Waals surface area contributed by atoms with Crippen LogP contribution in [0.1, 0.15) is 23.5 Å².